The number of rotatable bonds is 4. The van der Waals surface area contributed by atoms with Crippen LogP contribution < -0.4 is 10.6 Å². The number of hydrogen-bond acceptors (Lipinski definition) is 2. The van der Waals surface area contributed by atoms with Gasteiger partial charge in [0.2, 0.25) is 0 Å². The van der Waals surface area contributed by atoms with Gasteiger partial charge in [0, 0.05) is 25.3 Å². The summed E-state index contributed by atoms with van der Waals surface area (Å²) in [6.07, 6.45) is 4.20. The van der Waals surface area contributed by atoms with Crippen molar-refractivity contribution in [3.8, 4) is 0 Å². The number of para-hydroxylation sites is 1. The van der Waals surface area contributed by atoms with Crippen LogP contribution in [0.1, 0.15) is 37.8 Å². The Balaban J connectivity index is 2.11. The van der Waals surface area contributed by atoms with Gasteiger partial charge < -0.3 is 10.6 Å². The van der Waals surface area contributed by atoms with E-state index in [4.69, 9.17) is 5.73 Å². The molecule has 16 heavy (non-hydrogen) atoms. The molecule has 1 atom stereocenters. The third kappa shape index (κ3) is 2.38. The Hall–Kier alpha value is -1.02. The SMILES string of the molecule is C[C@H](N)c1ccccc1N(C)CC1CCC1. The molecule has 2 rings (SSSR count). The molecule has 0 radical (unpaired) electrons. The fourth-order valence-electron chi connectivity index (χ4n) is 2.38. The minimum atomic E-state index is 0.111. The third-order valence-electron chi connectivity index (χ3n) is 3.60. The van der Waals surface area contributed by atoms with Crippen LogP contribution in [0.15, 0.2) is 24.3 Å². The van der Waals surface area contributed by atoms with Gasteiger partial charge in [0.1, 0.15) is 0 Å². The molecule has 0 aromatic heterocycles. The molecule has 0 saturated heterocycles. The Morgan fingerprint density at radius 1 is 1.38 bits per heavy atom. The van der Waals surface area contributed by atoms with Crippen molar-refractivity contribution >= 4 is 5.69 Å². The number of anilines is 1. The normalized spacial score (nSPS) is 17.9. The predicted octanol–water partition coefficient (Wildman–Crippen LogP) is 2.94. The van der Waals surface area contributed by atoms with Gasteiger partial charge >= 0.3 is 0 Å². The lowest BCUT2D eigenvalue weighted by atomic mass is 9.85. The van der Waals surface area contributed by atoms with Gasteiger partial charge in [0.25, 0.3) is 0 Å². The van der Waals surface area contributed by atoms with Crippen LogP contribution in [-0.4, -0.2) is 13.6 Å². The molecule has 0 unspecified atom stereocenters. The quantitative estimate of drug-likeness (QED) is 0.842. The van der Waals surface area contributed by atoms with E-state index in [1.54, 1.807) is 0 Å². The van der Waals surface area contributed by atoms with E-state index in [0.29, 0.717) is 0 Å². The first-order chi connectivity index (χ1) is 7.68. The van der Waals surface area contributed by atoms with Crippen LogP contribution in [0.3, 0.4) is 0 Å². The molecule has 0 amide bonds. The van der Waals surface area contributed by atoms with Crippen LogP contribution in [0, 0.1) is 5.92 Å². The topological polar surface area (TPSA) is 29.3 Å². The summed E-state index contributed by atoms with van der Waals surface area (Å²) in [5.41, 5.74) is 8.55. The summed E-state index contributed by atoms with van der Waals surface area (Å²) in [4.78, 5) is 2.36. The maximum atomic E-state index is 6.00. The summed E-state index contributed by atoms with van der Waals surface area (Å²) in [5.74, 6) is 0.895. The molecular weight excluding hydrogens is 196 g/mol. The van der Waals surface area contributed by atoms with E-state index in [-0.39, 0.29) is 6.04 Å². The monoisotopic (exact) mass is 218 g/mol. The molecule has 1 aromatic rings. The van der Waals surface area contributed by atoms with E-state index >= 15 is 0 Å². The Morgan fingerprint density at radius 2 is 2.06 bits per heavy atom. The summed E-state index contributed by atoms with van der Waals surface area (Å²) in [5, 5.41) is 0. The fourth-order valence-corrected chi connectivity index (χ4v) is 2.38. The average molecular weight is 218 g/mol. The molecule has 1 fully saturated rings. The van der Waals surface area contributed by atoms with Crippen LogP contribution in [0.4, 0.5) is 5.69 Å². The molecule has 1 aliphatic rings. The van der Waals surface area contributed by atoms with Gasteiger partial charge in [0.15, 0.2) is 0 Å². The zero-order valence-corrected chi connectivity index (χ0v) is 10.3. The van der Waals surface area contributed by atoms with Crippen molar-refractivity contribution < 1.29 is 0 Å². The lowest BCUT2D eigenvalue weighted by molar-refractivity contribution is 0.321. The van der Waals surface area contributed by atoms with Crippen molar-refractivity contribution in [1.29, 1.82) is 0 Å². The van der Waals surface area contributed by atoms with Crippen molar-refractivity contribution in [3.05, 3.63) is 29.8 Å². The van der Waals surface area contributed by atoms with Crippen molar-refractivity contribution in [2.24, 2.45) is 11.7 Å². The minimum Gasteiger partial charge on any atom is -0.374 e. The van der Waals surface area contributed by atoms with E-state index in [1.807, 2.05) is 0 Å². The molecule has 2 heteroatoms. The first-order valence-corrected chi connectivity index (χ1v) is 6.24. The summed E-state index contributed by atoms with van der Waals surface area (Å²) < 4.78 is 0. The van der Waals surface area contributed by atoms with Gasteiger partial charge in [-0.25, -0.2) is 0 Å². The third-order valence-corrected chi connectivity index (χ3v) is 3.60. The summed E-state index contributed by atoms with van der Waals surface area (Å²) in [6.45, 7) is 3.22. The molecule has 0 spiro atoms. The first kappa shape index (κ1) is 11.5. The molecule has 0 bridgehead atoms. The highest BCUT2D eigenvalue weighted by atomic mass is 15.1. The zero-order chi connectivity index (χ0) is 11.5. The number of hydrogen-bond donors (Lipinski definition) is 1. The van der Waals surface area contributed by atoms with Crippen LogP contribution in [0.2, 0.25) is 0 Å². The molecule has 2 N–H and O–H groups in total. The average Bonchev–Trinajstić information content (AvgIpc) is 2.23. The molecule has 88 valence electrons. The largest absolute Gasteiger partial charge is 0.374 e. The molecule has 1 saturated carbocycles. The molecule has 0 heterocycles. The van der Waals surface area contributed by atoms with E-state index in [0.717, 1.165) is 5.92 Å². The van der Waals surface area contributed by atoms with E-state index in [9.17, 15) is 0 Å². The highest BCUT2D eigenvalue weighted by Crippen LogP contribution is 2.30. The van der Waals surface area contributed by atoms with Crippen molar-refractivity contribution in [2.45, 2.75) is 32.2 Å². The molecular formula is C14H22N2. The van der Waals surface area contributed by atoms with Crippen LogP contribution >= 0.6 is 0 Å². The van der Waals surface area contributed by atoms with Gasteiger partial charge in [-0.05, 0) is 37.3 Å². The fraction of sp³-hybridized carbons (Fsp3) is 0.571. The standard InChI is InChI=1S/C14H22N2/c1-11(15)13-8-3-4-9-14(13)16(2)10-12-6-5-7-12/h3-4,8-9,11-12H,5-7,10,15H2,1-2H3/t11-/m0/s1. The van der Waals surface area contributed by atoms with Gasteiger partial charge in [0.05, 0.1) is 0 Å². The summed E-state index contributed by atoms with van der Waals surface area (Å²) in [6, 6.07) is 8.59. The van der Waals surface area contributed by atoms with Crippen LogP contribution in [0.25, 0.3) is 0 Å². The van der Waals surface area contributed by atoms with Crippen molar-refractivity contribution in [1.82, 2.24) is 0 Å². The maximum Gasteiger partial charge on any atom is 0.0412 e. The predicted molar refractivity (Wildman–Crippen MR) is 69.7 cm³/mol. The molecule has 1 aliphatic carbocycles. The van der Waals surface area contributed by atoms with Gasteiger partial charge in [-0.3, -0.25) is 0 Å². The van der Waals surface area contributed by atoms with Crippen molar-refractivity contribution in [2.75, 3.05) is 18.5 Å². The van der Waals surface area contributed by atoms with Gasteiger partial charge in [-0.1, -0.05) is 24.6 Å². The Kier molecular flexibility index (Phi) is 3.49. The van der Waals surface area contributed by atoms with Crippen molar-refractivity contribution in [3.63, 3.8) is 0 Å². The summed E-state index contributed by atoms with van der Waals surface area (Å²) >= 11 is 0. The Morgan fingerprint density at radius 3 is 2.62 bits per heavy atom. The second-order valence-corrected chi connectivity index (χ2v) is 5.02. The molecule has 1 aromatic carbocycles. The minimum absolute atomic E-state index is 0.111. The second-order valence-electron chi connectivity index (χ2n) is 5.02. The van der Waals surface area contributed by atoms with Gasteiger partial charge in [-0.2, -0.15) is 0 Å². The zero-order valence-electron chi connectivity index (χ0n) is 10.3. The number of nitrogens with two attached hydrogens (primary N) is 1. The molecule has 0 aliphatic heterocycles. The van der Waals surface area contributed by atoms with Gasteiger partial charge in [-0.15, -0.1) is 0 Å². The van der Waals surface area contributed by atoms with Crippen LogP contribution in [-0.2, 0) is 0 Å². The number of benzene rings is 1. The number of nitrogens with zero attached hydrogens (tertiary/aromatic N) is 1. The lowest BCUT2D eigenvalue weighted by Crippen LogP contribution is -2.30. The second kappa shape index (κ2) is 4.88. The lowest BCUT2D eigenvalue weighted by Gasteiger charge is -2.32. The van der Waals surface area contributed by atoms with E-state index < -0.39 is 0 Å². The molecule has 2 nitrogen and oxygen atoms in total. The first-order valence-electron chi connectivity index (χ1n) is 6.24. The smallest absolute Gasteiger partial charge is 0.0412 e. The highest BCUT2D eigenvalue weighted by molar-refractivity contribution is 5.54. The van der Waals surface area contributed by atoms with Crippen LogP contribution in [0.5, 0.6) is 0 Å². The Labute approximate surface area is 98.4 Å². The highest BCUT2D eigenvalue weighted by Gasteiger charge is 2.20. The van der Waals surface area contributed by atoms with E-state index in [2.05, 4.69) is 43.1 Å². The maximum absolute atomic E-state index is 6.00. The Bertz CT molecular complexity index is 342. The summed E-state index contributed by atoms with van der Waals surface area (Å²) in [7, 11) is 2.18. The van der Waals surface area contributed by atoms with E-state index in [1.165, 1.54) is 37.1 Å².